The van der Waals surface area contributed by atoms with Crippen molar-refractivity contribution < 1.29 is 9.13 Å². The van der Waals surface area contributed by atoms with Gasteiger partial charge in [0.15, 0.2) is 0 Å². The number of halogens is 1. The molecule has 0 saturated heterocycles. The van der Waals surface area contributed by atoms with Crippen LogP contribution in [-0.4, -0.2) is 17.6 Å². The molecule has 4 heteroatoms. The predicted molar refractivity (Wildman–Crippen MR) is 75.2 cm³/mol. The average molecular weight is 272 g/mol. The molecule has 1 aromatic heterocycles. The lowest BCUT2D eigenvalue weighted by molar-refractivity contribution is 0.248. The van der Waals surface area contributed by atoms with E-state index in [2.05, 4.69) is 10.3 Å². The fraction of sp³-hybridized carbons (Fsp3) is 0.312. The van der Waals surface area contributed by atoms with Crippen molar-refractivity contribution in [3.63, 3.8) is 0 Å². The molecule has 3 rings (SSSR count). The molecule has 1 aliphatic rings. The topological polar surface area (TPSA) is 34.1 Å². The van der Waals surface area contributed by atoms with Crippen LogP contribution in [0.25, 0.3) is 0 Å². The molecular weight excluding hydrogens is 255 g/mol. The molecule has 20 heavy (non-hydrogen) atoms. The van der Waals surface area contributed by atoms with Gasteiger partial charge in [-0.1, -0.05) is 12.1 Å². The monoisotopic (exact) mass is 272 g/mol. The van der Waals surface area contributed by atoms with Gasteiger partial charge < -0.3 is 10.1 Å². The van der Waals surface area contributed by atoms with Crippen LogP contribution in [0.15, 0.2) is 36.5 Å². The number of nitrogens with one attached hydrogen (secondary N) is 1. The smallest absolute Gasteiger partial charge is 0.213 e. The Bertz CT molecular complexity index is 598. The number of rotatable bonds is 3. The van der Waals surface area contributed by atoms with Gasteiger partial charge >= 0.3 is 0 Å². The predicted octanol–water partition coefficient (Wildman–Crippen LogP) is 2.62. The molecule has 0 spiro atoms. The van der Waals surface area contributed by atoms with Gasteiger partial charge in [-0.15, -0.1) is 0 Å². The second kappa shape index (κ2) is 5.59. The lowest BCUT2D eigenvalue weighted by atomic mass is 9.96. The zero-order valence-electron chi connectivity index (χ0n) is 11.4. The molecule has 1 unspecified atom stereocenters. The summed E-state index contributed by atoms with van der Waals surface area (Å²) < 4.78 is 18.8. The molecule has 0 saturated carbocycles. The molecule has 0 fully saturated rings. The summed E-state index contributed by atoms with van der Waals surface area (Å²) in [5.74, 6) is 0.464. The van der Waals surface area contributed by atoms with E-state index >= 15 is 0 Å². The summed E-state index contributed by atoms with van der Waals surface area (Å²) in [7, 11) is 0. The molecule has 104 valence electrons. The minimum atomic E-state index is -0.177. The van der Waals surface area contributed by atoms with Crippen molar-refractivity contribution in [2.75, 3.05) is 6.61 Å². The van der Waals surface area contributed by atoms with E-state index < -0.39 is 0 Å². The molecule has 0 amide bonds. The maximum absolute atomic E-state index is 13.1. The maximum Gasteiger partial charge on any atom is 0.213 e. The molecule has 1 atom stereocenters. The summed E-state index contributed by atoms with van der Waals surface area (Å²) in [5, 5.41) is 3.36. The number of nitrogens with zero attached hydrogens (tertiary/aromatic N) is 1. The molecule has 0 radical (unpaired) electrons. The average Bonchev–Trinajstić information content (AvgIpc) is 2.46. The molecular formula is C16H17FN2O. The van der Waals surface area contributed by atoms with Crippen molar-refractivity contribution in [1.29, 1.82) is 0 Å². The molecule has 3 nitrogen and oxygen atoms in total. The standard InChI is InChI=1S/C16H17FN2O/c1-11-2-5-16(19-8-11)20-10-15-7-12-3-4-14(17)6-13(12)9-18-15/h2-6,8,15,18H,7,9-10H2,1H3. The van der Waals surface area contributed by atoms with E-state index in [4.69, 9.17) is 4.74 Å². The number of fused-ring (bicyclic) bond motifs is 1. The van der Waals surface area contributed by atoms with Gasteiger partial charge in [-0.2, -0.15) is 0 Å². The molecule has 2 heterocycles. The summed E-state index contributed by atoms with van der Waals surface area (Å²) in [6.07, 6.45) is 2.64. The molecule has 0 aliphatic carbocycles. The van der Waals surface area contributed by atoms with Crippen LogP contribution in [0.2, 0.25) is 0 Å². The SMILES string of the molecule is Cc1ccc(OCC2Cc3ccc(F)cc3CN2)nc1. The van der Waals surface area contributed by atoms with Gasteiger partial charge in [0.1, 0.15) is 12.4 Å². The summed E-state index contributed by atoms with van der Waals surface area (Å²) in [4.78, 5) is 4.22. The number of aromatic nitrogens is 1. The van der Waals surface area contributed by atoms with Crippen LogP contribution in [0, 0.1) is 12.7 Å². The lowest BCUT2D eigenvalue weighted by Crippen LogP contribution is -2.40. The van der Waals surface area contributed by atoms with Crippen LogP contribution in [0.3, 0.4) is 0 Å². The van der Waals surface area contributed by atoms with Crippen LogP contribution in [0.4, 0.5) is 4.39 Å². The van der Waals surface area contributed by atoms with Gasteiger partial charge in [-0.05, 0) is 42.2 Å². The Balaban J connectivity index is 1.60. The quantitative estimate of drug-likeness (QED) is 0.932. The Labute approximate surface area is 117 Å². The molecule has 2 aromatic rings. The van der Waals surface area contributed by atoms with Gasteiger partial charge in [0.05, 0.1) is 0 Å². The van der Waals surface area contributed by atoms with Gasteiger partial charge in [0.2, 0.25) is 5.88 Å². The van der Waals surface area contributed by atoms with Crippen molar-refractivity contribution >= 4 is 0 Å². The van der Waals surface area contributed by atoms with Gasteiger partial charge in [0.25, 0.3) is 0 Å². The van der Waals surface area contributed by atoms with Crippen LogP contribution in [-0.2, 0) is 13.0 Å². The fourth-order valence-corrected chi connectivity index (χ4v) is 2.39. The molecule has 1 aliphatic heterocycles. The van der Waals surface area contributed by atoms with E-state index in [9.17, 15) is 4.39 Å². The highest BCUT2D eigenvalue weighted by atomic mass is 19.1. The van der Waals surface area contributed by atoms with Crippen LogP contribution in [0.5, 0.6) is 5.88 Å². The number of ether oxygens (including phenoxy) is 1. The number of hydrogen-bond acceptors (Lipinski definition) is 3. The van der Waals surface area contributed by atoms with Gasteiger partial charge in [-0.3, -0.25) is 0 Å². The summed E-state index contributed by atoms with van der Waals surface area (Å²) >= 11 is 0. The van der Waals surface area contributed by atoms with Gasteiger partial charge in [-0.25, -0.2) is 9.37 Å². The zero-order valence-corrected chi connectivity index (χ0v) is 11.4. The summed E-state index contributed by atoms with van der Waals surface area (Å²) in [5.41, 5.74) is 3.34. The first-order valence-electron chi connectivity index (χ1n) is 6.77. The van der Waals surface area contributed by atoms with Crippen molar-refractivity contribution in [3.05, 3.63) is 59.0 Å². The van der Waals surface area contributed by atoms with E-state index in [-0.39, 0.29) is 11.9 Å². The fourth-order valence-electron chi connectivity index (χ4n) is 2.39. The zero-order chi connectivity index (χ0) is 13.9. The van der Waals surface area contributed by atoms with E-state index in [1.807, 2.05) is 25.1 Å². The Morgan fingerprint density at radius 2 is 2.20 bits per heavy atom. The third-order valence-corrected chi connectivity index (χ3v) is 3.53. The van der Waals surface area contributed by atoms with Crippen molar-refractivity contribution in [3.8, 4) is 5.88 Å². The first-order chi connectivity index (χ1) is 9.70. The highest BCUT2D eigenvalue weighted by molar-refractivity contribution is 5.30. The number of benzene rings is 1. The highest BCUT2D eigenvalue weighted by Gasteiger charge is 2.18. The third-order valence-electron chi connectivity index (χ3n) is 3.53. The molecule has 0 bridgehead atoms. The largest absolute Gasteiger partial charge is 0.476 e. The minimum absolute atomic E-state index is 0.177. The summed E-state index contributed by atoms with van der Waals surface area (Å²) in [6.45, 7) is 3.24. The first-order valence-corrected chi connectivity index (χ1v) is 6.77. The van der Waals surface area contributed by atoms with Crippen LogP contribution in [0.1, 0.15) is 16.7 Å². The Hall–Kier alpha value is -1.94. The first kappa shape index (κ1) is 13.1. The van der Waals surface area contributed by atoms with Crippen LogP contribution >= 0.6 is 0 Å². The van der Waals surface area contributed by atoms with Gasteiger partial charge in [0, 0.05) is 24.8 Å². The Morgan fingerprint density at radius 1 is 1.30 bits per heavy atom. The summed E-state index contributed by atoms with van der Waals surface area (Å²) in [6, 6.07) is 9.07. The molecule has 1 N–H and O–H groups in total. The maximum atomic E-state index is 13.1. The van der Waals surface area contributed by atoms with Crippen molar-refractivity contribution in [2.24, 2.45) is 0 Å². The number of hydrogen-bond donors (Lipinski definition) is 1. The van der Waals surface area contributed by atoms with Crippen molar-refractivity contribution in [1.82, 2.24) is 10.3 Å². The van der Waals surface area contributed by atoms with Crippen molar-refractivity contribution in [2.45, 2.75) is 25.9 Å². The lowest BCUT2D eigenvalue weighted by Gasteiger charge is -2.26. The van der Waals surface area contributed by atoms with E-state index in [1.165, 1.54) is 11.6 Å². The molecule has 1 aromatic carbocycles. The normalized spacial score (nSPS) is 17.6. The number of pyridine rings is 1. The van der Waals surface area contributed by atoms with E-state index in [1.54, 1.807) is 12.3 Å². The van der Waals surface area contributed by atoms with E-state index in [0.717, 1.165) is 17.5 Å². The number of aryl methyl sites for hydroxylation is 1. The van der Waals surface area contributed by atoms with E-state index in [0.29, 0.717) is 19.0 Å². The second-order valence-corrected chi connectivity index (χ2v) is 5.18. The third kappa shape index (κ3) is 2.96. The highest BCUT2D eigenvalue weighted by Crippen LogP contribution is 2.18. The second-order valence-electron chi connectivity index (χ2n) is 5.18. The Morgan fingerprint density at radius 3 is 3.00 bits per heavy atom. The Kier molecular flexibility index (Phi) is 3.65. The minimum Gasteiger partial charge on any atom is -0.476 e. The van der Waals surface area contributed by atoms with Crippen LogP contribution < -0.4 is 10.1 Å².